The number of hydrogen-bond acceptors (Lipinski definition) is 5. The lowest BCUT2D eigenvalue weighted by atomic mass is 10.1. The monoisotopic (exact) mass is 316 g/mol. The zero-order valence-corrected chi connectivity index (χ0v) is 13.7. The number of amides is 1. The van der Waals surface area contributed by atoms with Gasteiger partial charge < -0.3 is 10.2 Å². The van der Waals surface area contributed by atoms with Crippen LogP contribution in [-0.4, -0.2) is 47.0 Å². The van der Waals surface area contributed by atoms with E-state index in [1.54, 1.807) is 6.20 Å². The molecule has 0 radical (unpaired) electrons. The van der Waals surface area contributed by atoms with Gasteiger partial charge in [-0.05, 0) is 38.9 Å². The lowest BCUT2D eigenvalue weighted by molar-refractivity contribution is 0.0702. The van der Waals surface area contributed by atoms with Crippen LogP contribution in [0.25, 0.3) is 10.7 Å². The van der Waals surface area contributed by atoms with Gasteiger partial charge in [-0.3, -0.25) is 9.78 Å². The highest BCUT2D eigenvalue weighted by molar-refractivity contribution is 7.17. The minimum absolute atomic E-state index is 0.0946. The Morgan fingerprint density at radius 2 is 2.32 bits per heavy atom. The summed E-state index contributed by atoms with van der Waals surface area (Å²) in [5.41, 5.74) is 1.61. The number of nitrogens with one attached hydrogen (secondary N) is 1. The number of thiazole rings is 1. The fourth-order valence-corrected chi connectivity index (χ4v) is 3.75. The molecule has 1 aliphatic rings. The predicted octanol–water partition coefficient (Wildman–Crippen LogP) is 2.34. The molecule has 3 rings (SSSR count). The molecule has 6 heteroatoms. The second-order valence-corrected chi connectivity index (χ2v) is 6.53. The zero-order chi connectivity index (χ0) is 15.5. The van der Waals surface area contributed by atoms with Gasteiger partial charge in [0, 0.05) is 25.3 Å². The van der Waals surface area contributed by atoms with E-state index in [1.165, 1.54) is 11.3 Å². The molecular formula is C16H20N4OS. The Morgan fingerprint density at radius 1 is 1.45 bits per heavy atom. The molecular weight excluding hydrogens is 296 g/mol. The maximum atomic E-state index is 12.8. The second kappa shape index (κ2) is 6.54. The van der Waals surface area contributed by atoms with E-state index in [2.05, 4.69) is 15.3 Å². The van der Waals surface area contributed by atoms with E-state index < -0.39 is 0 Å². The van der Waals surface area contributed by atoms with Crippen molar-refractivity contribution in [3.8, 4) is 10.7 Å². The number of aryl methyl sites for hydroxylation is 1. The van der Waals surface area contributed by atoms with Crippen LogP contribution in [0.2, 0.25) is 0 Å². The van der Waals surface area contributed by atoms with Gasteiger partial charge in [-0.15, -0.1) is 11.3 Å². The molecule has 2 aromatic heterocycles. The molecule has 1 atom stereocenters. The molecule has 2 aromatic rings. The summed E-state index contributed by atoms with van der Waals surface area (Å²) in [6.07, 6.45) is 3.92. The Labute approximate surface area is 134 Å². The molecule has 1 saturated heterocycles. The fourth-order valence-electron chi connectivity index (χ4n) is 2.73. The number of aromatic nitrogens is 2. The van der Waals surface area contributed by atoms with Gasteiger partial charge >= 0.3 is 0 Å². The highest BCUT2D eigenvalue weighted by Crippen LogP contribution is 2.28. The minimum Gasteiger partial charge on any atom is -0.336 e. The number of hydrogen-bond donors (Lipinski definition) is 1. The molecule has 1 aliphatic heterocycles. The Bertz CT molecular complexity index is 655. The topological polar surface area (TPSA) is 58.1 Å². The number of pyridine rings is 1. The van der Waals surface area contributed by atoms with E-state index in [0.717, 1.165) is 47.2 Å². The van der Waals surface area contributed by atoms with Gasteiger partial charge in [0.05, 0.1) is 11.4 Å². The first-order valence-corrected chi connectivity index (χ1v) is 8.36. The third-order valence-corrected chi connectivity index (χ3v) is 5.16. The van der Waals surface area contributed by atoms with E-state index in [1.807, 2.05) is 37.1 Å². The Hall–Kier alpha value is -1.79. The average molecular weight is 316 g/mol. The molecule has 1 unspecified atom stereocenters. The largest absolute Gasteiger partial charge is 0.336 e. The van der Waals surface area contributed by atoms with Gasteiger partial charge in [-0.1, -0.05) is 6.07 Å². The van der Waals surface area contributed by atoms with Crippen LogP contribution in [-0.2, 0) is 0 Å². The van der Waals surface area contributed by atoms with Crippen molar-refractivity contribution in [3.63, 3.8) is 0 Å². The highest BCUT2D eigenvalue weighted by Gasteiger charge is 2.26. The highest BCUT2D eigenvalue weighted by atomic mass is 32.1. The van der Waals surface area contributed by atoms with Crippen molar-refractivity contribution >= 4 is 17.2 Å². The summed E-state index contributed by atoms with van der Waals surface area (Å²) in [4.78, 5) is 24.3. The first kappa shape index (κ1) is 15.1. The molecule has 5 nitrogen and oxygen atoms in total. The normalized spacial score (nSPS) is 18.5. The Kier molecular flexibility index (Phi) is 4.49. The van der Waals surface area contributed by atoms with E-state index >= 15 is 0 Å². The van der Waals surface area contributed by atoms with Crippen molar-refractivity contribution in [1.82, 2.24) is 20.2 Å². The van der Waals surface area contributed by atoms with Gasteiger partial charge in [-0.25, -0.2) is 4.98 Å². The SMILES string of the molecule is CNC1CCCN(C(=O)c2sc(-c3ccccn3)nc2C)C1. The molecule has 1 N–H and O–H groups in total. The van der Waals surface area contributed by atoms with Crippen molar-refractivity contribution in [2.45, 2.75) is 25.8 Å². The minimum atomic E-state index is 0.0946. The molecule has 0 spiro atoms. The molecule has 1 fully saturated rings. The van der Waals surface area contributed by atoms with Gasteiger partial charge in [0.15, 0.2) is 0 Å². The number of nitrogens with zero attached hydrogens (tertiary/aromatic N) is 3. The molecule has 116 valence electrons. The first-order chi connectivity index (χ1) is 10.7. The molecule has 0 saturated carbocycles. The van der Waals surface area contributed by atoms with E-state index in [4.69, 9.17) is 0 Å². The van der Waals surface area contributed by atoms with Gasteiger partial charge in [-0.2, -0.15) is 0 Å². The van der Waals surface area contributed by atoms with Crippen LogP contribution in [0.3, 0.4) is 0 Å². The summed E-state index contributed by atoms with van der Waals surface area (Å²) in [5, 5.41) is 4.08. The zero-order valence-electron chi connectivity index (χ0n) is 12.9. The lowest BCUT2D eigenvalue weighted by Gasteiger charge is -2.32. The maximum absolute atomic E-state index is 12.8. The molecule has 0 aliphatic carbocycles. The van der Waals surface area contributed by atoms with Crippen molar-refractivity contribution in [2.75, 3.05) is 20.1 Å². The van der Waals surface area contributed by atoms with Crippen LogP contribution in [0, 0.1) is 6.92 Å². The van der Waals surface area contributed by atoms with Crippen LogP contribution in [0.15, 0.2) is 24.4 Å². The van der Waals surface area contributed by atoms with Crippen molar-refractivity contribution in [2.24, 2.45) is 0 Å². The van der Waals surface area contributed by atoms with Crippen LogP contribution in [0.5, 0.6) is 0 Å². The predicted molar refractivity (Wildman–Crippen MR) is 88.1 cm³/mol. The Balaban J connectivity index is 1.83. The van der Waals surface area contributed by atoms with Crippen LogP contribution in [0.1, 0.15) is 28.2 Å². The third-order valence-electron chi connectivity index (χ3n) is 3.99. The Morgan fingerprint density at radius 3 is 3.05 bits per heavy atom. The molecule has 0 aromatic carbocycles. The van der Waals surface area contributed by atoms with E-state index in [0.29, 0.717) is 6.04 Å². The number of carbonyl (C=O) groups is 1. The van der Waals surface area contributed by atoms with Crippen molar-refractivity contribution in [1.29, 1.82) is 0 Å². The summed E-state index contributed by atoms with van der Waals surface area (Å²) in [6, 6.07) is 6.12. The summed E-state index contributed by atoms with van der Waals surface area (Å²) >= 11 is 1.44. The lowest BCUT2D eigenvalue weighted by Crippen LogP contribution is -2.46. The van der Waals surface area contributed by atoms with Gasteiger partial charge in [0.1, 0.15) is 9.88 Å². The van der Waals surface area contributed by atoms with Crippen molar-refractivity contribution in [3.05, 3.63) is 35.0 Å². The summed E-state index contributed by atoms with van der Waals surface area (Å²) < 4.78 is 0. The number of piperidine rings is 1. The van der Waals surface area contributed by atoms with E-state index in [9.17, 15) is 4.79 Å². The molecule has 3 heterocycles. The van der Waals surface area contributed by atoms with E-state index in [-0.39, 0.29) is 5.91 Å². The number of likely N-dealkylation sites (tertiary alicyclic amines) is 1. The molecule has 0 bridgehead atoms. The smallest absolute Gasteiger partial charge is 0.265 e. The van der Waals surface area contributed by atoms with Gasteiger partial charge in [0.25, 0.3) is 5.91 Å². The summed E-state index contributed by atoms with van der Waals surface area (Å²) in [5.74, 6) is 0.0946. The quantitative estimate of drug-likeness (QED) is 0.944. The van der Waals surface area contributed by atoms with Crippen LogP contribution < -0.4 is 5.32 Å². The second-order valence-electron chi connectivity index (χ2n) is 5.53. The number of carbonyl (C=O) groups excluding carboxylic acids is 1. The van der Waals surface area contributed by atoms with Crippen LogP contribution in [0.4, 0.5) is 0 Å². The standard InChI is InChI=1S/C16H20N4OS/c1-11-14(16(21)20-9-5-6-12(10-20)17-2)22-15(19-11)13-7-3-4-8-18-13/h3-4,7-8,12,17H,5-6,9-10H2,1-2H3. The summed E-state index contributed by atoms with van der Waals surface area (Å²) in [7, 11) is 1.95. The maximum Gasteiger partial charge on any atom is 0.265 e. The average Bonchev–Trinajstić information content (AvgIpc) is 2.97. The summed E-state index contributed by atoms with van der Waals surface area (Å²) in [6.45, 7) is 3.49. The van der Waals surface area contributed by atoms with Crippen LogP contribution >= 0.6 is 11.3 Å². The first-order valence-electron chi connectivity index (χ1n) is 7.54. The number of rotatable bonds is 3. The third kappa shape index (κ3) is 3.03. The van der Waals surface area contributed by atoms with Crippen molar-refractivity contribution < 1.29 is 4.79 Å². The molecule has 1 amide bonds. The fraction of sp³-hybridized carbons (Fsp3) is 0.438. The van der Waals surface area contributed by atoms with Gasteiger partial charge in [0.2, 0.25) is 0 Å². The number of likely N-dealkylation sites (N-methyl/N-ethyl adjacent to an activating group) is 1. The molecule has 22 heavy (non-hydrogen) atoms.